The van der Waals surface area contributed by atoms with Gasteiger partial charge in [-0.2, -0.15) is 0 Å². The maximum atomic E-state index is 12.0. The number of fused-ring (bicyclic) bond motifs is 3. The van der Waals surface area contributed by atoms with E-state index in [1.54, 1.807) is 0 Å². The fourth-order valence-corrected chi connectivity index (χ4v) is 4.90. The molecular formula is C22H27NO. The van der Waals surface area contributed by atoms with Crippen LogP contribution in [-0.2, 0) is 12.0 Å². The Bertz CT molecular complexity index is 690. The van der Waals surface area contributed by atoms with E-state index in [0.717, 1.165) is 12.1 Å². The van der Waals surface area contributed by atoms with Gasteiger partial charge in [-0.15, -0.1) is 0 Å². The monoisotopic (exact) mass is 321 g/mol. The molecular weight excluding hydrogens is 294 g/mol. The van der Waals surface area contributed by atoms with Gasteiger partial charge < -0.3 is 10.0 Å². The Morgan fingerprint density at radius 1 is 1.00 bits per heavy atom. The molecule has 126 valence electrons. The second-order valence-corrected chi connectivity index (χ2v) is 7.65. The maximum absolute atomic E-state index is 12.0. The number of hydrogen-bond acceptors (Lipinski definition) is 2. The van der Waals surface area contributed by atoms with Crippen LogP contribution in [-0.4, -0.2) is 29.6 Å². The van der Waals surface area contributed by atoms with Gasteiger partial charge in [-0.1, -0.05) is 54.6 Å². The highest BCUT2D eigenvalue weighted by Crippen LogP contribution is 2.45. The van der Waals surface area contributed by atoms with Crippen molar-refractivity contribution in [2.24, 2.45) is 11.8 Å². The summed E-state index contributed by atoms with van der Waals surface area (Å²) in [6, 6.07) is 18.9. The van der Waals surface area contributed by atoms with Gasteiger partial charge in [0, 0.05) is 18.9 Å². The summed E-state index contributed by atoms with van der Waals surface area (Å²) in [5.41, 5.74) is 2.76. The summed E-state index contributed by atoms with van der Waals surface area (Å²) >= 11 is 0. The third kappa shape index (κ3) is 2.78. The van der Waals surface area contributed by atoms with Crippen molar-refractivity contribution < 1.29 is 5.11 Å². The number of piperidine rings is 3. The van der Waals surface area contributed by atoms with E-state index in [0.29, 0.717) is 18.3 Å². The lowest BCUT2D eigenvalue weighted by Gasteiger charge is -2.51. The minimum atomic E-state index is -0.781. The molecule has 2 bridgehead atoms. The summed E-state index contributed by atoms with van der Waals surface area (Å²) in [5.74, 6) is 0.963. The largest absolute Gasteiger partial charge is 0.384 e. The molecule has 0 amide bonds. The third-order valence-corrected chi connectivity index (χ3v) is 6.20. The van der Waals surface area contributed by atoms with Crippen molar-refractivity contribution in [3.8, 4) is 0 Å². The van der Waals surface area contributed by atoms with E-state index in [2.05, 4.69) is 60.4 Å². The number of aliphatic hydroxyl groups is 1. The fraction of sp³-hybridized carbons (Fsp3) is 0.455. The molecule has 0 radical (unpaired) electrons. The highest BCUT2D eigenvalue weighted by molar-refractivity contribution is 5.35. The highest BCUT2D eigenvalue weighted by atomic mass is 16.3. The first-order valence-corrected chi connectivity index (χ1v) is 9.21. The predicted molar refractivity (Wildman–Crippen MR) is 97.9 cm³/mol. The molecule has 2 aromatic rings. The smallest absolute Gasteiger partial charge is 0.0982 e. The van der Waals surface area contributed by atoms with Crippen molar-refractivity contribution in [3.63, 3.8) is 0 Å². The van der Waals surface area contributed by atoms with Crippen molar-refractivity contribution >= 4 is 0 Å². The highest BCUT2D eigenvalue weighted by Gasteiger charge is 2.47. The van der Waals surface area contributed by atoms with Gasteiger partial charge >= 0.3 is 0 Å². The molecule has 24 heavy (non-hydrogen) atoms. The number of nitrogens with zero attached hydrogens (tertiary/aromatic N) is 1. The van der Waals surface area contributed by atoms with Gasteiger partial charge in [-0.3, -0.25) is 0 Å². The molecule has 3 saturated heterocycles. The molecule has 2 nitrogen and oxygen atoms in total. The number of hydrogen-bond donors (Lipinski definition) is 1. The van der Waals surface area contributed by atoms with Gasteiger partial charge in [-0.25, -0.2) is 0 Å². The lowest BCUT2D eigenvalue weighted by molar-refractivity contribution is -0.102. The van der Waals surface area contributed by atoms with Gasteiger partial charge in [0.05, 0.1) is 5.60 Å². The van der Waals surface area contributed by atoms with Gasteiger partial charge in [0.25, 0.3) is 0 Å². The molecule has 3 heterocycles. The summed E-state index contributed by atoms with van der Waals surface area (Å²) in [6.45, 7) is 5.57. The molecule has 3 fully saturated rings. The summed E-state index contributed by atoms with van der Waals surface area (Å²) in [4.78, 5) is 2.54. The minimum Gasteiger partial charge on any atom is -0.384 e. The summed E-state index contributed by atoms with van der Waals surface area (Å²) in [7, 11) is 0. The number of rotatable bonds is 4. The zero-order valence-corrected chi connectivity index (χ0v) is 14.5. The first-order chi connectivity index (χ1) is 11.7. The van der Waals surface area contributed by atoms with Gasteiger partial charge in [0.15, 0.2) is 0 Å². The first-order valence-electron chi connectivity index (χ1n) is 9.21. The lowest BCUT2D eigenvalue weighted by Crippen LogP contribution is -2.56. The first kappa shape index (κ1) is 15.9. The Hall–Kier alpha value is -1.64. The van der Waals surface area contributed by atoms with Crippen LogP contribution in [0.5, 0.6) is 0 Å². The molecule has 2 aromatic carbocycles. The Morgan fingerprint density at radius 2 is 1.67 bits per heavy atom. The Morgan fingerprint density at radius 3 is 2.29 bits per heavy atom. The zero-order chi connectivity index (χ0) is 16.6. The topological polar surface area (TPSA) is 23.5 Å². The van der Waals surface area contributed by atoms with Crippen molar-refractivity contribution in [1.29, 1.82) is 0 Å². The Kier molecular flexibility index (Phi) is 4.19. The predicted octanol–water partition coefficient (Wildman–Crippen LogP) is 3.77. The van der Waals surface area contributed by atoms with Crippen molar-refractivity contribution in [1.82, 2.24) is 4.90 Å². The van der Waals surface area contributed by atoms with E-state index >= 15 is 0 Å². The van der Waals surface area contributed by atoms with Crippen LogP contribution < -0.4 is 0 Å². The Labute approximate surface area is 145 Å². The molecule has 0 saturated carbocycles. The minimum absolute atomic E-state index is 0.321. The summed E-state index contributed by atoms with van der Waals surface area (Å²) in [6.07, 6.45) is 3.16. The van der Waals surface area contributed by atoms with E-state index in [1.165, 1.54) is 37.1 Å². The Balaban J connectivity index is 1.76. The number of benzene rings is 2. The van der Waals surface area contributed by atoms with Crippen molar-refractivity contribution in [2.45, 2.75) is 31.8 Å². The van der Waals surface area contributed by atoms with Crippen molar-refractivity contribution in [3.05, 3.63) is 71.3 Å². The summed E-state index contributed by atoms with van der Waals surface area (Å²) in [5, 5.41) is 12.0. The second-order valence-electron chi connectivity index (χ2n) is 7.65. The zero-order valence-electron chi connectivity index (χ0n) is 14.5. The second kappa shape index (κ2) is 6.34. The van der Waals surface area contributed by atoms with Crippen LogP contribution >= 0.6 is 0 Å². The average Bonchev–Trinajstić information content (AvgIpc) is 2.64. The van der Waals surface area contributed by atoms with E-state index in [9.17, 15) is 5.11 Å². The lowest BCUT2D eigenvalue weighted by atomic mass is 9.65. The van der Waals surface area contributed by atoms with Crippen LogP contribution in [0, 0.1) is 18.8 Å². The quantitative estimate of drug-likeness (QED) is 0.926. The molecule has 2 heteroatoms. The van der Waals surface area contributed by atoms with Crippen LogP contribution in [0.15, 0.2) is 54.6 Å². The molecule has 1 N–H and O–H groups in total. The molecule has 3 aliphatic rings. The van der Waals surface area contributed by atoms with Crippen LogP contribution in [0.4, 0.5) is 0 Å². The molecule has 0 unspecified atom stereocenters. The maximum Gasteiger partial charge on any atom is 0.0982 e. The van der Waals surface area contributed by atoms with E-state index in [-0.39, 0.29) is 0 Å². The van der Waals surface area contributed by atoms with E-state index < -0.39 is 5.60 Å². The molecule has 0 aliphatic carbocycles. The third-order valence-electron chi connectivity index (χ3n) is 6.20. The van der Waals surface area contributed by atoms with Crippen LogP contribution in [0.2, 0.25) is 0 Å². The van der Waals surface area contributed by atoms with Gasteiger partial charge in [0.2, 0.25) is 0 Å². The van der Waals surface area contributed by atoms with E-state index in [1.807, 2.05) is 6.07 Å². The molecule has 3 aliphatic heterocycles. The molecule has 5 rings (SSSR count). The van der Waals surface area contributed by atoms with Crippen LogP contribution in [0.3, 0.4) is 0 Å². The molecule has 2 atom stereocenters. The SMILES string of the molecule is Cc1ccccc1[C@@](O)(Cc1ccccc1)[C@H]1CN2CCC1CC2. The molecule has 0 aromatic heterocycles. The fourth-order valence-electron chi connectivity index (χ4n) is 4.90. The van der Waals surface area contributed by atoms with Crippen LogP contribution in [0.25, 0.3) is 0 Å². The molecule has 0 spiro atoms. The van der Waals surface area contributed by atoms with Crippen LogP contribution in [0.1, 0.15) is 29.5 Å². The van der Waals surface area contributed by atoms with Crippen molar-refractivity contribution in [2.75, 3.05) is 19.6 Å². The standard InChI is InChI=1S/C22H27NO/c1-17-7-5-6-10-20(17)22(24,15-18-8-3-2-4-9-18)21-16-23-13-11-19(21)12-14-23/h2-10,19,21,24H,11-16H2,1H3/t21-,22-/m0/s1. The van der Waals surface area contributed by atoms with Gasteiger partial charge in [-0.05, 0) is 55.5 Å². The summed E-state index contributed by atoms with van der Waals surface area (Å²) < 4.78 is 0. The van der Waals surface area contributed by atoms with E-state index in [4.69, 9.17) is 0 Å². The number of aryl methyl sites for hydroxylation is 1. The normalized spacial score (nSPS) is 28.5. The van der Waals surface area contributed by atoms with Gasteiger partial charge in [0.1, 0.15) is 0 Å². The average molecular weight is 321 g/mol.